The fourth-order valence-electron chi connectivity index (χ4n) is 7.32. The van der Waals surface area contributed by atoms with Gasteiger partial charge in [0, 0.05) is 25.2 Å². The zero-order valence-corrected chi connectivity index (χ0v) is 17.1. The van der Waals surface area contributed by atoms with Gasteiger partial charge in [-0.1, -0.05) is 37.3 Å². The number of aliphatic hydroxyl groups is 1. The molecule has 0 saturated heterocycles. The maximum atomic E-state index is 12.0. The molecule has 3 fully saturated rings. The van der Waals surface area contributed by atoms with Crippen LogP contribution in [-0.2, 0) is 14.3 Å². The number of rotatable bonds is 3. The molecular formula is C24H32O4. The molecule has 0 amide bonds. The Kier molecular flexibility index (Phi) is 4.69. The lowest BCUT2D eigenvalue weighted by atomic mass is 9.49. The summed E-state index contributed by atoms with van der Waals surface area (Å²) in [4.78, 5) is 24.0. The van der Waals surface area contributed by atoms with Crippen LogP contribution in [0.2, 0.25) is 0 Å². The van der Waals surface area contributed by atoms with E-state index >= 15 is 0 Å². The van der Waals surface area contributed by atoms with Crippen molar-refractivity contribution in [2.24, 2.45) is 29.1 Å². The molecule has 3 saturated carbocycles. The highest BCUT2D eigenvalue weighted by molar-refractivity contribution is 5.82. The van der Waals surface area contributed by atoms with Crippen molar-refractivity contribution in [3.63, 3.8) is 0 Å². The van der Waals surface area contributed by atoms with Crippen LogP contribution in [0.1, 0.15) is 58.8 Å². The number of ether oxygens (including phenoxy) is 1. The number of carbonyl (C=O) groups excluding carboxylic acids is 2. The SMILES string of the molecule is C=C1C[C@@]2(C)[C@@H](CC[C@@]2(OC(C)=O)C(=C)CO)[C@@H]2CC=C3CC(=O)CC[C@@H]3[C@@H]12. The first-order valence-electron chi connectivity index (χ1n) is 10.6. The highest BCUT2D eigenvalue weighted by atomic mass is 16.6. The van der Waals surface area contributed by atoms with Gasteiger partial charge in [-0.15, -0.1) is 0 Å². The van der Waals surface area contributed by atoms with Gasteiger partial charge in [-0.05, 0) is 61.3 Å². The summed E-state index contributed by atoms with van der Waals surface area (Å²) < 4.78 is 5.97. The van der Waals surface area contributed by atoms with Gasteiger partial charge in [0.2, 0.25) is 0 Å². The van der Waals surface area contributed by atoms with E-state index in [4.69, 9.17) is 4.74 Å². The van der Waals surface area contributed by atoms with Gasteiger partial charge in [0.1, 0.15) is 11.4 Å². The van der Waals surface area contributed by atoms with Gasteiger partial charge in [0.25, 0.3) is 0 Å². The Morgan fingerprint density at radius 2 is 2.14 bits per heavy atom. The zero-order chi connectivity index (χ0) is 20.3. The number of hydrogen-bond acceptors (Lipinski definition) is 4. The van der Waals surface area contributed by atoms with Gasteiger partial charge in [-0.2, -0.15) is 0 Å². The summed E-state index contributed by atoms with van der Waals surface area (Å²) in [5.41, 5.74) is 2.03. The van der Waals surface area contributed by atoms with Gasteiger partial charge in [-0.3, -0.25) is 9.59 Å². The van der Waals surface area contributed by atoms with Gasteiger partial charge in [0.15, 0.2) is 0 Å². The molecule has 0 unspecified atom stereocenters. The number of ketones is 1. The quantitative estimate of drug-likeness (QED) is 0.587. The Labute approximate surface area is 167 Å². The minimum Gasteiger partial charge on any atom is -0.454 e. The number of allylic oxidation sites excluding steroid dienone is 3. The summed E-state index contributed by atoms with van der Waals surface area (Å²) in [5, 5.41) is 9.90. The number of aliphatic hydroxyl groups excluding tert-OH is 1. The van der Waals surface area contributed by atoms with E-state index in [9.17, 15) is 14.7 Å². The van der Waals surface area contributed by atoms with Crippen LogP contribution in [0.3, 0.4) is 0 Å². The van der Waals surface area contributed by atoms with E-state index < -0.39 is 5.60 Å². The van der Waals surface area contributed by atoms with E-state index in [1.165, 1.54) is 18.1 Å². The van der Waals surface area contributed by atoms with E-state index in [2.05, 4.69) is 26.2 Å². The first kappa shape index (κ1) is 19.6. The molecule has 0 spiro atoms. The van der Waals surface area contributed by atoms with Gasteiger partial charge in [0.05, 0.1) is 6.61 Å². The molecule has 28 heavy (non-hydrogen) atoms. The van der Waals surface area contributed by atoms with E-state index in [0.717, 1.165) is 25.7 Å². The number of Topliss-reactive ketones (excluding diaryl/α,β-unsaturated/α-hetero) is 1. The average molecular weight is 385 g/mol. The fourth-order valence-corrected chi connectivity index (χ4v) is 7.32. The van der Waals surface area contributed by atoms with Crippen LogP contribution in [0.25, 0.3) is 0 Å². The third kappa shape index (κ3) is 2.60. The second-order valence-corrected chi connectivity index (χ2v) is 9.64. The molecule has 4 aliphatic carbocycles. The van der Waals surface area contributed by atoms with E-state index in [-0.39, 0.29) is 18.0 Å². The van der Waals surface area contributed by atoms with Crippen molar-refractivity contribution >= 4 is 11.8 Å². The van der Waals surface area contributed by atoms with Crippen LogP contribution in [0.5, 0.6) is 0 Å². The number of hydrogen-bond donors (Lipinski definition) is 1. The summed E-state index contributed by atoms with van der Waals surface area (Å²) in [6, 6.07) is 0. The van der Waals surface area contributed by atoms with Crippen molar-refractivity contribution in [2.75, 3.05) is 6.61 Å². The Morgan fingerprint density at radius 1 is 1.39 bits per heavy atom. The molecule has 0 aromatic heterocycles. The molecule has 4 aliphatic rings. The van der Waals surface area contributed by atoms with Crippen molar-refractivity contribution in [3.05, 3.63) is 36.0 Å². The minimum atomic E-state index is -0.821. The largest absolute Gasteiger partial charge is 0.454 e. The molecule has 0 aromatic rings. The van der Waals surface area contributed by atoms with Gasteiger partial charge in [-0.25, -0.2) is 0 Å². The molecule has 4 nitrogen and oxygen atoms in total. The van der Waals surface area contributed by atoms with Crippen LogP contribution >= 0.6 is 0 Å². The van der Waals surface area contributed by atoms with Gasteiger partial charge < -0.3 is 9.84 Å². The van der Waals surface area contributed by atoms with Crippen LogP contribution in [-0.4, -0.2) is 29.1 Å². The molecule has 0 bridgehead atoms. The molecule has 4 rings (SSSR count). The lowest BCUT2D eigenvalue weighted by molar-refractivity contribution is -0.169. The monoisotopic (exact) mass is 384 g/mol. The molecule has 0 aliphatic heterocycles. The highest BCUT2D eigenvalue weighted by Crippen LogP contribution is 2.67. The number of fused-ring (bicyclic) bond motifs is 5. The Hall–Kier alpha value is -1.68. The normalized spacial score (nSPS) is 42.2. The minimum absolute atomic E-state index is 0.176. The Bertz CT molecular complexity index is 777. The zero-order valence-electron chi connectivity index (χ0n) is 17.1. The molecule has 1 N–H and O–H groups in total. The highest BCUT2D eigenvalue weighted by Gasteiger charge is 2.66. The fraction of sp³-hybridized carbons (Fsp3) is 0.667. The third-order valence-electron chi connectivity index (χ3n) is 8.37. The predicted octanol–water partition coefficient (Wildman–Crippen LogP) is 4.14. The first-order valence-corrected chi connectivity index (χ1v) is 10.6. The molecular weight excluding hydrogens is 352 g/mol. The Balaban J connectivity index is 1.73. The molecule has 0 aromatic carbocycles. The first-order chi connectivity index (χ1) is 13.2. The maximum Gasteiger partial charge on any atom is 0.303 e. The molecule has 152 valence electrons. The van der Waals surface area contributed by atoms with Crippen LogP contribution in [0, 0.1) is 29.1 Å². The average Bonchev–Trinajstić information content (AvgIpc) is 2.92. The Morgan fingerprint density at radius 3 is 2.82 bits per heavy atom. The van der Waals surface area contributed by atoms with E-state index in [1.54, 1.807) is 0 Å². The summed E-state index contributed by atoms with van der Waals surface area (Å²) in [5.74, 6) is 1.75. The lowest BCUT2D eigenvalue weighted by Crippen LogP contribution is -2.55. The standard InChI is InChI=1S/C24H32O4/c1-14-12-23(4)21(9-10-24(23,15(2)13-25)28-16(3)26)20-7-5-17-11-18(27)6-8-19(17)22(14)20/h5,19-22,25H,1-2,6-13H2,3-4H3/t19-,20-,21-,22+,23-,24+/m0/s1. The van der Waals surface area contributed by atoms with Crippen LogP contribution in [0.15, 0.2) is 36.0 Å². The van der Waals surface area contributed by atoms with Crippen molar-refractivity contribution < 1.29 is 19.4 Å². The molecule has 0 radical (unpaired) electrons. The number of carbonyl (C=O) groups is 2. The van der Waals surface area contributed by atoms with Crippen molar-refractivity contribution in [1.82, 2.24) is 0 Å². The van der Waals surface area contributed by atoms with Crippen molar-refractivity contribution in [1.29, 1.82) is 0 Å². The lowest BCUT2D eigenvalue weighted by Gasteiger charge is -2.56. The number of esters is 1. The second kappa shape index (κ2) is 6.69. The van der Waals surface area contributed by atoms with Gasteiger partial charge >= 0.3 is 5.97 Å². The summed E-state index contributed by atoms with van der Waals surface area (Å²) in [6.45, 7) is 12.1. The summed E-state index contributed by atoms with van der Waals surface area (Å²) >= 11 is 0. The summed E-state index contributed by atoms with van der Waals surface area (Å²) in [7, 11) is 0. The molecule has 4 heteroatoms. The van der Waals surface area contributed by atoms with Crippen molar-refractivity contribution in [3.8, 4) is 0 Å². The van der Waals surface area contributed by atoms with Crippen LogP contribution < -0.4 is 0 Å². The maximum absolute atomic E-state index is 12.0. The molecule has 6 atom stereocenters. The predicted molar refractivity (Wildman–Crippen MR) is 107 cm³/mol. The smallest absolute Gasteiger partial charge is 0.303 e. The van der Waals surface area contributed by atoms with E-state index in [0.29, 0.717) is 54.3 Å². The van der Waals surface area contributed by atoms with Crippen molar-refractivity contribution in [2.45, 2.75) is 64.4 Å². The third-order valence-corrected chi connectivity index (χ3v) is 8.37. The molecule has 0 heterocycles. The summed E-state index contributed by atoms with van der Waals surface area (Å²) in [6.07, 6.45) is 7.96. The topological polar surface area (TPSA) is 63.6 Å². The van der Waals surface area contributed by atoms with Crippen LogP contribution in [0.4, 0.5) is 0 Å². The van der Waals surface area contributed by atoms with E-state index in [1.807, 2.05) is 0 Å². The second-order valence-electron chi connectivity index (χ2n) is 9.64.